The maximum absolute atomic E-state index is 6.04. The molecule has 1 nitrogen and oxygen atoms in total. The van der Waals surface area contributed by atoms with E-state index in [0.717, 1.165) is 16.0 Å². The molecule has 0 unspecified atom stereocenters. The third-order valence-corrected chi connectivity index (χ3v) is 4.18. The molecule has 1 aliphatic heterocycles. The lowest BCUT2D eigenvalue weighted by Crippen LogP contribution is -2.24. The largest absolute Gasteiger partial charge is 0.457 e. The summed E-state index contributed by atoms with van der Waals surface area (Å²) in [6.07, 6.45) is 0. The van der Waals surface area contributed by atoms with E-state index >= 15 is 0 Å². The molecule has 1 heterocycles. The maximum atomic E-state index is 6.04. The van der Waals surface area contributed by atoms with Crippen LogP contribution in [0.4, 0.5) is 0 Å². The number of rotatable bonds is 0. The molecule has 0 fully saturated rings. The van der Waals surface area contributed by atoms with Crippen LogP contribution in [-0.2, 0) is 5.41 Å². The standard InChI is InChI=1S/C15H12BrClO/c1-15(2)11-5-3-9(16)7-13(11)18-14-8-10(17)4-6-12(14)15/h3-8H,1-2H3. The fourth-order valence-electron chi connectivity index (χ4n) is 2.46. The Bertz CT molecular complexity index is 581. The van der Waals surface area contributed by atoms with E-state index in [1.54, 1.807) is 0 Å². The smallest absolute Gasteiger partial charge is 0.133 e. The average Bonchev–Trinajstić information content (AvgIpc) is 2.27. The van der Waals surface area contributed by atoms with Crippen LogP contribution in [0.2, 0.25) is 5.02 Å². The van der Waals surface area contributed by atoms with E-state index in [0.29, 0.717) is 5.02 Å². The fraction of sp³-hybridized carbons (Fsp3) is 0.200. The highest BCUT2D eigenvalue weighted by Crippen LogP contribution is 2.48. The Labute approximate surface area is 120 Å². The number of benzene rings is 2. The summed E-state index contributed by atoms with van der Waals surface area (Å²) in [6, 6.07) is 12.0. The molecule has 92 valence electrons. The van der Waals surface area contributed by atoms with Gasteiger partial charge in [0.05, 0.1) is 0 Å². The number of fused-ring (bicyclic) bond motifs is 2. The van der Waals surface area contributed by atoms with Crippen LogP contribution < -0.4 is 4.74 Å². The molecule has 0 atom stereocenters. The molecule has 3 rings (SSSR count). The van der Waals surface area contributed by atoms with E-state index in [1.807, 2.05) is 30.3 Å². The number of halogens is 2. The van der Waals surface area contributed by atoms with Gasteiger partial charge in [0, 0.05) is 26.0 Å². The monoisotopic (exact) mass is 322 g/mol. The van der Waals surface area contributed by atoms with Crippen LogP contribution in [0.15, 0.2) is 40.9 Å². The van der Waals surface area contributed by atoms with Gasteiger partial charge in [-0.3, -0.25) is 0 Å². The topological polar surface area (TPSA) is 9.23 Å². The molecule has 0 saturated carbocycles. The van der Waals surface area contributed by atoms with Gasteiger partial charge in [-0.05, 0) is 24.3 Å². The van der Waals surface area contributed by atoms with Crippen LogP contribution in [-0.4, -0.2) is 0 Å². The van der Waals surface area contributed by atoms with Crippen molar-refractivity contribution in [3.05, 3.63) is 57.0 Å². The molecular weight excluding hydrogens is 312 g/mol. The Kier molecular flexibility index (Phi) is 2.68. The first-order chi connectivity index (χ1) is 8.48. The van der Waals surface area contributed by atoms with Crippen LogP contribution in [0.3, 0.4) is 0 Å². The van der Waals surface area contributed by atoms with Gasteiger partial charge >= 0.3 is 0 Å². The predicted octanol–water partition coefficient (Wildman–Crippen LogP) is 5.53. The van der Waals surface area contributed by atoms with Crippen molar-refractivity contribution in [2.45, 2.75) is 19.3 Å². The second-order valence-corrected chi connectivity index (χ2v) is 6.36. The normalized spacial score (nSPS) is 15.6. The Morgan fingerprint density at radius 2 is 1.61 bits per heavy atom. The van der Waals surface area contributed by atoms with Gasteiger partial charge in [0.15, 0.2) is 0 Å². The third-order valence-electron chi connectivity index (χ3n) is 3.45. The van der Waals surface area contributed by atoms with Crippen LogP contribution in [0.5, 0.6) is 11.5 Å². The van der Waals surface area contributed by atoms with E-state index in [4.69, 9.17) is 16.3 Å². The van der Waals surface area contributed by atoms with Gasteiger partial charge in [-0.25, -0.2) is 0 Å². The summed E-state index contributed by atoms with van der Waals surface area (Å²) in [5.41, 5.74) is 2.29. The van der Waals surface area contributed by atoms with Crippen molar-refractivity contribution in [1.82, 2.24) is 0 Å². The van der Waals surface area contributed by atoms with E-state index in [-0.39, 0.29) is 5.41 Å². The van der Waals surface area contributed by atoms with Gasteiger partial charge in [-0.1, -0.05) is 53.5 Å². The lowest BCUT2D eigenvalue weighted by Gasteiger charge is -2.34. The summed E-state index contributed by atoms with van der Waals surface area (Å²) >= 11 is 9.52. The second kappa shape index (κ2) is 4.01. The summed E-state index contributed by atoms with van der Waals surface area (Å²) in [6.45, 7) is 4.41. The van der Waals surface area contributed by atoms with Crippen molar-refractivity contribution in [2.24, 2.45) is 0 Å². The van der Waals surface area contributed by atoms with Crippen molar-refractivity contribution in [2.75, 3.05) is 0 Å². The Hall–Kier alpha value is -0.990. The van der Waals surface area contributed by atoms with E-state index < -0.39 is 0 Å². The van der Waals surface area contributed by atoms with Crippen molar-refractivity contribution in [3.63, 3.8) is 0 Å². The molecule has 1 aliphatic rings. The van der Waals surface area contributed by atoms with Crippen molar-refractivity contribution in [1.29, 1.82) is 0 Å². The van der Waals surface area contributed by atoms with Crippen molar-refractivity contribution >= 4 is 27.5 Å². The first kappa shape index (κ1) is 12.1. The quantitative estimate of drug-likeness (QED) is 0.619. The molecule has 0 saturated heterocycles. The van der Waals surface area contributed by atoms with Crippen LogP contribution in [0, 0.1) is 0 Å². The van der Waals surface area contributed by atoms with E-state index in [2.05, 4.69) is 35.8 Å². The molecule has 0 aliphatic carbocycles. The Morgan fingerprint density at radius 3 is 2.33 bits per heavy atom. The predicted molar refractivity (Wildman–Crippen MR) is 77.8 cm³/mol. The summed E-state index contributed by atoms with van der Waals surface area (Å²) in [5.74, 6) is 1.74. The molecule has 18 heavy (non-hydrogen) atoms. The zero-order chi connectivity index (χ0) is 12.9. The van der Waals surface area contributed by atoms with Crippen molar-refractivity contribution in [3.8, 4) is 11.5 Å². The highest BCUT2D eigenvalue weighted by Gasteiger charge is 2.34. The molecule has 0 amide bonds. The molecule has 0 radical (unpaired) electrons. The van der Waals surface area contributed by atoms with Crippen LogP contribution in [0.1, 0.15) is 25.0 Å². The minimum Gasteiger partial charge on any atom is -0.457 e. The number of hydrogen-bond acceptors (Lipinski definition) is 1. The van der Waals surface area contributed by atoms with Gasteiger partial charge in [-0.2, -0.15) is 0 Å². The Balaban J connectivity index is 2.25. The average molecular weight is 324 g/mol. The van der Waals surface area contributed by atoms with Gasteiger partial charge < -0.3 is 4.74 Å². The SMILES string of the molecule is CC1(C)c2ccc(Cl)cc2Oc2cc(Br)ccc21. The molecule has 3 heteroatoms. The maximum Gasteiger partial charge on any atom is 0.133 e. The Morgan fingerprint density at radius 1 is 1.00 bits per heavy atom. The summed E-state index contributed by atoms with van der Waals surface area (Å²) < 4.78 is 6.98. The van der Waals surface area contributed by atoms with Gasteiger partial charge in [-0.15, -0.1) is 0 Å². The molecular formula is C15H12BrClO. The van der Waals surface area contributed by atoms with Gasteiger partial charge in [0.25, 0.3) is 0 Å². The molecule has 0 spiro atoms. The second-order valence-electron chi connectivity index (χ2n) is 5.01. The molecule has 0 aromatic heterocycles. The zero-order valence-corrected chi connectivity index (χ0v) is 12.5. The minimum atomic E-state index is -0.0752. The zero-order valence-electron chi connectivity index (χ0n) is 10.1. The van der Waals surface area contributed by atoms with Gasteiger partial charge in [0.2, 0.25) is 0 Å². The third kappa shape index (κ3) is 1.75. The van der Waals surface area contributed by atoms with Crippen LogP contribution in [0.25, 0.3) is 0 Å². The lowest BCUT2D eigenvalue weighted by molar-refractivity contribution is 0.418. The minimum absolute atomic E-state index is 0.0752. The lowest BCUT2D eigenvalue weighted by atomic mass is 9.76. The van der Waals surface area contributed by atoms with Gasteiger partial charge in [0.1, 0.15) is 11.5 Å². The summed E-state index contributed by atoms with van der Waals surface area (Å²) in [7, 11) is 0. The molecule has 0 bridgehead atoms. The highest BCUT2D eigenvalue weighted by molar-refractivity contribution is 9.10. The summed E-state index contributed by atoms with van der Waals surface area (Å²) in [5, 5.41) is 0.697. The summed E-state index contributed by atoms with van der Waals surface area (Å²) in [4.78, 5) is 0. The van der Waals surface area contributed by atoms with E-state index in [9.17, 15) is 0 Å². The first-order valence-electron chi connectivity index (χ1n) is 5.76. The highest BCUT2D eigenvalue weighted by atomic mass is 79.9. The molecule has 2 aromatic carbocycles. The molecule has 2 aromatic rings. The van der Waals surface area contributed by atoms with Crippen LogP contribution >= 0.6 is 27.5 Å². The number of hydrogen-bond donors (Lipinski definition) is 0. The molecule has 0 N–H and O–H groups in total. The van der Waals surface area contributed by atoms with E-state index in [1.165, 1.54) is 11.1 Å². The fourth-order valence-corrected chi connectivity index (χ4v) is 2.96. The van der Waals surface area contributed by atoms with Crippen molar-refractivity contribution < 1.29 is 4.74 Å². The number of ether oxygens (including phenoxy) is 1. The first-order valence-corrected chi connectivity index (χ1v) is 6.93.